The van der Waals surface area contributed by atoms with Gasteiger partial charge >= 0.3 is 6.03 Å². The first-order valence-corrected chi connectivity index (χ1v) is 15.2. The minimum absolute atomic E-state index is 0. The number of carbonyl (C=O) groups excluding carboxylic acids is 3. The fourth-order valence-corrected chi connectivity index (χ4v) is 6.63. The largest absolute Gasteiger partial charge is 0.349 e. The van der Waals surface area contributed by atoms with Gasteiger partial charge in [0.1, 0.15) is 5.54 Å². The van der Waals surface area contributed by atoms with Gasteiger partial charge < -0.3 is 15.1 Å². The predicted molar refractivity (Wildman–Crippen MR) is 162 cm³/mol. The van der Waals surface area contributed by atoms with Crippen molar-refractivity contribution in [1.29, 1.82) is 0 Å². The third-order valence-electron chi connectivity index (χ3n) is 9.08. The van der Waals surface area contributed by atoms with Gasteiger partial charge in [-0.1, -0.05) is 58.4 Å². The lowest BCUT2D eigenvalue weighted by Gasteiger charge is -2.41. The summed E-state index contributed by atoms with van der Waals surface area (Å²) in [6, 6.07) is 16.8. The molecule has 228 valence electrons. The Hall–Kier alpha value is -2.56. The van der Waals surface area contributed by atoms with Crippen LogP contribution in [0.4, 0.5) is 13.6 Å². The minimum Gasteiger partial charge on any atom is -0.349 e. The number of carbonyl (C=O) groups is 3. The van der Waals surface area contributed by atoms with Gasteiger partial charge in [0.25, 0.3) is 5.91 Å². The Morgan fingerprint density at radius 1 is 1.00 bits per heavy atom. The first kappa shape index (κ1) is 32.4. The zero-order valence-electron chi connectivity index (χ0n) is 23.7. The van der Waals surface area contributed by atoms with E-state index in [9.17, 15) is 23.2 Å². The van der Waals surface area contributed by atoms with E-state index in [1.165, 1.54) is 4.90 Å². The Balaban J connectivity index is 0.00000405. The topological polar surface area (TPSA) is 73.0 Å². The van der Waals surface area contributed by atoms with Crippen molar-refractivity contribution in [2.45, 2.75) is 69.0 Å². The number of likely N-dealkylation sites (tertiary alicyclic amines) is 1. The van der Waals surface area contributed by atoms with Crippen molar-refractivity contribution in [3.63, 3.8) is 0 Å². The normalized spacial score (nSPS) is 21.3. The number of imide groups is 1. The Kier molecular flexibility index (Phi) is 10.3. The van der Waals surface area contributed by atoms with Gasteiger partial charge in [-0.2, -0.15) is 0 Å². The third-order valence-corrected chi connectivity index (χ3v) is 9.61. The van der Waals surface area contributed by atoms with E-state index < -0.39 is 17.4 Å². The zero-order valence-corrected chi connectivity index (χ0v) is 26.1. The Labute approximate surface area is 260 Å². The van der Waals surface area contributed by atoms with Crippen molar-refractivity contribution < 1.29 is 23.2 Å². The minimum atomic E-state index is -2.67. The van der Waals surface area contributed by atoms with E-state index in [1.807, 2.05) is 54.6 Å². The quantitative estimate of drug-likeness (QED) is 0.342. The molecule has 1 atom stereocenters. The summed E-state index contributed by atoms with van der Waals surface area (Å²) in [5, 5.41) is 3.14. The maximum absolute atomic E-state index is 13.6. The van der Waals surface area contributed by atoms with Crippen LogP contribution < -0.4 is 5.32 Å². The molecule has 0 radical (unpaired) electrons. The standard InChI is InChI=1S/C31H37BrF2N4O3.ClH/c1-36-29(41)38(21-22-7-9-25(32)10-8-22)28(40)30(36)16-19-37(20-17-30)18-13-26(23-5-3-2-4-6-23)35-27(39)24-11-14-31(33,34)15-12-24;/h2-10,24,26H,11-21H2,1H3,(H,35,39);1H/t26-;/m0./s1. The van der Waals surface area contributed by atoms with Gasteiger partial charge in [-0.05, 0) is 55.4 Å². The van der Waals surface area contributed by atoms with Crippen LogP contribution in [0.25, 0.3) is 0 Å². The molecule has 5 rings (SSSR count). The van der Waals surface area contributed by atoms with Crippen LogP contribution in [0.1, 0.15) is 62.1 Å². The van der Waals surface area contributed by atoms with E-state index in [0.29, 0.717) is 38.9 Å². The van der Waals surface area contributed by atoms with E-state index in [2.05, 4.69) is 26.1 Å². The molecule has 3 fully saturated rings. The monoisotopic (exact) mass is 666 g/mol. The van der Waals surface area contributed by atoms with Gasteiger partial charge in [-0.25, -0.2) is 13.6 Å². The lowest BCUT2D eigenvalue weighted by atomic mass is 9.85. The molecule has 0 aromatic heterocycles. The molecule has 0 bridgehead atoms. The molecule has 42 heavy (non-hydrogen) atoms. The van der Waals surface area contributed by atoms with Gasteiger partial charge in [0, 0.05) is 49.9 Å². The lowest BCUT2D eigenvalue weighted by Crippen LogP contribution is -2.55. The third kappa shape index (κ3) is 6.97. The number of nitrogens with one attached hydrogen (secondary N) is 1. The highest BCUT2D eigenvalue weighted by Gasteiger charge is 2.56. The van der Waals surface area contributed by atoms with Crippen LogP contribution in [0.15, 0.2) is 59.1 Å². The van der Waals surface area contributed by atoms with E-state index in [1.54, 1.807) is 11.9 Å². The van der Waals surface area contributed by atoms with Crippen LogP contribution in [-0.4, -0.2) is 70.7 Å². The molecule has 2 heterocycles. The summed E-state index contributed by atoms with van der Waals surface area (Å²) in [6.45, 7) is 2.26. The average Bonchev–Trinajstić information content (AvgIpc) is 3.13. The highest BCUT2D eigenvalue weighted by atomic mass is 79.9. The first-order valence-electron chi connectivity index (χ1n) is 14.4. The molecule has 2 aromatic rings. The summed E-state index contributed by atoms with van der Waals surface area (Å²) in [5.41, 5.74) is 1.04. The number of hydrogen-bond acceptors (Lipinski definition) is 4. The SMILES string of the molecule is CN1C(=O)N(Cc2ccc(Br)cc2)C(=O)C12CCN(CC[C@H](NC(=O)C1CCC(F)(F)CC1)c1ccccc1)CC2.Cl. The number of benzene rings is 2. The number of likely N-dealkylation sites (N-methyl/N-ethyl adjacent to an activating group) is 1. The number of hydrogen-bond donors (Lipinski definition) is 1. The maximum Gasteiger partial charge on any atom is 0.327 e. The van der Waals surface area contributed by atoms with Crippen molar-refractivity contribution >= 4 is 46.2 Å². The smallest absolute Gasteiger partial charge is 0.327 e. The molecule has 2 aromatic carbocycles. The number of nitrogens with zero attached hydrogens (tertiary/aromatic N) is 3. The van der Waals surface area contributed by atoms with Crippen LogP contribution in [0, 0.1) is 5.92 Å². The maximum atomic E-state index is 13.6. The second kappa shape index (κ2) is 13.4. The highest BCUT2D eigenvalue weighted by molar-refractivity contribution is 9.10. The van der Waals surface area contributed by atoms with Gasteiger partial charge in [0.15, 0.2) is 0 Å². The zero-order chi connectivity index (χ0) is 29.2. The van der Waals surface area contributed by atoms with Crippen LogP contribution in [-0.2, 0) is 16.1 Å². The molecular formula is C31H38BrClF2N4O3. The van der Waals surface area contributed by atoms with Crippen molar-refractivity contribution in [2.24, 2.45) is 5.92 Å². The Bertz CT molecular complexity index is 1250. The summed E-state index contributed by atoms with van der Waals surface area (Å²) in [6.07, 6.45) is 1.66. The summed E-state index contributed by atoms with van der Waals surface area (Å²) < 4.78 is 28.2. The van der Waals surface area contributed by atoms with Crippen LogP contribution >= 0.6 is 28.3 Å². The van der Waals surface area contributed by atoms with E-state index in [0.717, 1.165) is 15.6 Å². The molecule has 7 nitrogen and oxygen atoms in total. The van der Waals surface area contributed by atoms with Crippen LogP contribution in [0.2, 0.25) is 0 Å². The van der Waals surface area contributed by atoms with Gasteiger partial charge in [0.2, 0.25) is 11.8 Å². The van der Waals surface area contributed by atoms with Gasteiger partial charge in [-0.15, -0.1) is 12.4 Å². The van der Waals surface area contributed by atoms with E-state index in [-0.39, 0.29) is 68.5 Å². The fraction of sp³-hybridized carbons (Fsp3) is 0.516. The average molecular weight is 668 g/mol. The number of amides is 4. The van der Waals surface area contributed by atoms with Crippen molar-refractivity contribution in [3.05, 3.63) is 70.2 Å². The number of piperidine rings is 1. The van der Waals surface area contributed by atoms with Crippen molar-refractivity contribution in [3.8, 4) is 0 Å². The van der Waals surface area contributed by atoms with Gasteiger partial charge in [0.05, 0.1) is 12.6 Å². The molecule has 3 aliphatic rings. The summed E-state index contributed by atoms with van der Waals surface area (Å²) in [4.78, 5) is 45.0. The molecule has 2 aliphatic heterocycles. The van der Waals surface area contributed by atoms with E-state index in [4.69, 9.17) is 0 Å². The van der Waals surface area contributed by atoms with Crippen LogP contribution in [0.3, 0.4) is 0 Å². The van der Waals surface area contributed by atoms with E-state index >= 15 is 0 Å². The molecule has 1 saturated carbocycles. The molecular weight excluding hydrogens is 630 g/mol. The molecule has 4 amide bonds. The first-order chi connectivity index (χ1) is 19.6. The molecule has 11 heteroatoms. The summed E-state index contributed by atoms with van der Waals surface area (Å²) >= 11 is 3.42. The second-order valence-corrected chi connectivity index (χ2v) is 12.5. The number of halogens is 4. The molecule has 2 saturated heterocycles. The van der Waals surface area contributed by atoms with Crippen LogP contribution in [0.5, 0.6) is 0 Å². The highest BCUT2D eigenvalue weighted by Crippen LogP contribution is 2.38. The second-order valence-electron chi connectivity index (χ2n) is 11.6. The summed E-state index contributed by atoms with van der Waals surface area (Å²) in [7, 11) is 1.72. The number of alkyl halides is 2. The Morgan fingerprint density at radius 2 is 1.62 bits per heavy atom. The fourth-order valence-electron chi connectivity index (χ4n) is 6.36. The van der Waals surface area contributed by atoms with Crippen molar-refractivity contribution in [1.82, 2.24) is 20.0 Å². The molecule has 1 spiro atoms. The molecule has 1 N–H and O–H groups in total. The number of rotatable bonds is 8. The van der Waals surface area contributed by atoms with Gasteiger partial charge in [-0.3, -0.25) is 14.5 Å². The molecule has 0 unspecified atom stereocenters. The molecule has 1 aliphatic carbocycles. The predicted octanol–water partition coefficient (Wildman–Crippen LogP) is 6.17. The number of urea groups is 1. The summed E-state index contributed by atoms with van der Waals surface area (Å²) in [5.74, 6) is -3.36. The van der Waals surface area contributed by atoms with Crippen molar-refractivity contribution in [2.75, 3.05) is 26.7 Å². The Morgan fingerprint density at radius 3 is 2.24 bits per heavy atom. The lowest BCUT2D eigenvalue weighted by molar-refractivity contribution is -0.135.